The molecule has 2 aromatic heterocycles. The molecule has 92 valence electrons. The highest BCUT2D eigenvalue weighted by atomic mass is 79.9. The van der Waals surface area contributed by atoms with Gasteiger partial charge in [-0.3, -0.25) is 0 Å². The Morgan fingerprint density at radius 3 is 2.47 bits per heavy atom. The summed E-state index contributed by atoms with van der Waals surface area (Å²) in [6.07, 6.45) is 0. The summed E-state index contributed by atoms with van der Waals surface area (Å²) in [5, 5.41) is 4.01. The number of thiophene rings is 1. The third-order valence-electron chi connectivity index (χ3n) is 2.19. The summed E-state index contributed by atoms with van der Waals surface area (Å²) >= 11 is 10.1. The van der Waals surface area contributed by atoms with E-state index in [1.807, 2.05) is 0 Å². The predicted molar refractivity (Wildman–Crippen MR) is 71.3 cm³/mol. The van der Waals surface area contributed by atoms with E-state index < -0.39 is 10.0 Å². The number of aromatic nitrogens is 2. The molecule has 0 aliphatic carbocycles. The standard InChI is InChI=1S/C9H8BrClN2O2S2/c1-5-9(10)6(2)13(12-5)17(14,15)8-4-3-7(11)16-8/h3-4H,1-2H3. The summed E-state index contributed by atoms with van der Waals surface area (Å²) in [4.78, 5) is 0. The van der Waals surface area contributed by atoms with Crippen LogP contribution in [0.25, 0.3) is 0 Å². The Morgan fingerprint density at radius 2 is 2.06 bits per heavy atom. The highest BCUT2D eigenvalue weighted by Crippen LogP contribution is 2.29. The number of nitrogens with zero attached hydrogens (tertiary/aromatic N) is 2. The molecule has 0 fully saturated rings. The van der Waals surface area contributed by atoms with Crippen LogP contribution in [0.2, 0.25) is 4.34 Å². The lowest BCUT2D eigenvalue weighted by Crippen LogP contribution is -2.14. The number of hydrogen-bond donors (Lipinski definition) is 0. The molecule has 0 spiro atoms. The topological polar surface area (TPSA) is 52.0 Å². The molecule has 0 saturated heterocycles. The first-order chi connectivity index (χ1) is 7.84. The van der Waals surface area contributed by atoms with E-state index in [9.17, 15) is 8.42 Å². The van der Waals surface area contributed by atoms with Gasteiger partial charge in [0.1, 0.15) is 4.21 Å². The monoisotopic (exact) mass is 354 g/mol. The molecule has 0 N–H and O–H groups in total. The van der Waals surface area contributed by atoms with Crippen LogP contribution in [0.5, 0.6) is 0 Å². The maximum Gasteiger partial charge on any atom is 0.292 e. The fourth-order valence-electron chi connectivity index (χ4n) is 1.36. The minimum Gasteiger partial charge on any atom is -0.198 e. The second-order valence-corrected chi connectivity index (χ2v) is 7.89. The molecule has 0 aliphatic rings. The highest BCUT2D eigenvalue weighted by molar-refractivity contribution is 9.10. The van der Waals surface area contributed by atoms with Crippen molar-refractivity contribution in [1.82, 2.24) is 9.19 Å². The average molecular weight is 356 g/mol. The van der Waals surface area contributed by atoms with Crippen molar-refractivity contribution < 1.29 is 8.42 Å². The van der Waals surface area contributed by atoms with Crippen LogP contribution in [0.1, 0.15) is 11.4 Å². The van der Waals surface area contributed by atoms with Crippen LogP contribution in [0.3, 0.4) is 0 Å². The van der Waals surface area contributed by atoms with Crippen molar-refractivity contribution in [2.75, 3.05) is 0 Å². The van der Waals surface area contributed by atoms with Crippen LogP contribution < -0.4 is 0 Å². The van der Waals surface area contributed by atoms with E-state index in [2.05, 4.69) is 21.0 Å². The Labute approximate surface area is 116 Å². The van der Waals surface area contributed by atoms with Crippen molar-refractivity contribution in [3.8, 4) is 0 Å². The lowest BCUT2D eigenvalue weighted by atomic mass is 10.4. The first-order valence-corrected chi connectivity index (χ1v) is 7.99. The number of aryl methyl sites for hydroxylation is 1. The van der Waals surface area contributed by atoms with Crippen molar-refractivity contribution in [2.24, 2.45) is 0 Å². The van der Waals surface area contributed by atoms with Gasteiger partial charge in [0.05, 0.1) is 20.2 Å². The van der Waals surface area contributed by atoms with Crippen LogP contribution in [0.15, 0.2) is 20.8 Å². The predicted octanol–water partition coefficient (Wildman–Crippen LogP) is 3.21. The molecule has 2 rings (SSSR count). The maximum atomic E-state index is 12.3. The Hall–Kier alpha value is -0.370. The SMILES string of the molecule is Cc1nn(S(=O)(=O)c2ccc(Cl)s2)c(C)c1Br. The van der Waals surface area contributed by atoms with Crippen LogP contribution in [0.4, 0.5) is 0 Å². The number of halogens is 2. The van der Waals surface area contributed by atoms with Crippen molar-refractivity contribution >= 4 is 48.9 Å². The summed E-state index contributed by atoms with van der Waals surface area (Å²) in [5.41, 5.74) is 1.18. The molecule has 17 heavy (non-hydrogen) atoms. The second kappa shape index (κ2) is 4.38. The second-order valence-electron chi connectivity index (χ2n) is 3.39. The minimum absolute atomic E-state index is 0.181. The van der Waals surface area contributed by atoms with Crippen molar-refractivity contribution in [1.29, 1.82) is 0 Å². The van der Waals surface area contributed by atoms with Gasteiger partial charge < -0.3 is 0 Å². The van der Waals surface area contributed by atoms with E-state index in [4.69, 9.17) is 11.6 Å². The van der Waals surface area contributed by atoms with E-state index in [1.54, 1.807) is 19.9 Å². The molecular formula is C9H8BrClN2O2S2. The summed E-state index contributed by atoms with van der Waals surface area (Å²) in [7, 11) is -3.64. The normalized spacial score (nSPS) is 12.0. The zero-order chi connectivity index (χ0) is 12.8. The lowest BCUT2D eigenvalue weighted by Gasteiger charge is -2.03. The van der Waals surface area contributed by atoms with Gasteiger partial charge in [0.2, 0.25) is 0 Å². The molecule has 2 heterocycles. The largest absolute Gasteiger partial charge is 0.292 e. The summed E-state index contributed by atoms with van der Waals surface area (Å²) < 4.78 is 26.9. The molecule has 0 saturated carbocycles. The average Bonchev–Trinajstić information content (AvgIpc) is 2.79. The van der Waals surface area contributed by atoms with Crippen molar-refractivity contribution in [3.05, 3.63) is 32.3 Å². The smallest absolute Gasteiger partial charge is 0.198 e. The fourth-order valence-corrected chi connectivity index (χ4v) is 4.63. The van der Waals surface area contributed by atoms with Crippen molar-refractivity contribution in [2.45, 2.75) is 18.1 Å². The quantitative estimate of drug-likeness (QED) is 0.831. The van der Waals surface area contributed by atoms with Gasteiger partial charge in [-0.05, 0) is 41.9 Å². The minimum atomic E-state index is -3.64. The molecule has 0 bridgehead atoms. The zero-order valence-corrected chi connectivity index (χ0v) is 12.9. The van der Waals surface area contributed by atoms with E-state index in [0.29, 0.717) is 20.2 Å². The zero-order valence-electron chi connectivity index (χ0n) is 8.94. The molecule has 2 aromatic rings. The van der Waals surface area contributed by atoms with Gasteiger partial charge in [-0.25, -0.2) is 0 Å². The van der Waals surface area contributed by atoms with Gasteiger partial charge >= 0.3 is 0 Å². The van der Waals surface area contributed by atoms with Crippen LogP contribution in [-0.4, -0.2) is 17.6 Å². The van der Waals surface area contributed by atoms with Gasteiger partial charge in [-0.1, -0.05) is 11.6 Å². The summed E-state index contributed by atoms with van der Waals surface area (Å²) in [5.74, 6) is 0. The first kappa shape index (κ1) is 13.1. The van der Waals surface area contributed by atoms with Crippen LogP contribution in [-0.2, 0) is 10.0 Å². The molecule has 0 aliphatic heterocycles. The van der Waals surface area contributed by atoms with Crippen molar-refractivity contribution in [3.63, 3.8) is 0 Å². The molecular weight excluding hydrogens is 348 g/mol. The number of rotatable bonds is 2. The van der Waals surface area contributed by atoms with Gasteiger partial charge in [0.15, 0.2) is 0 Å². The summed E-state index contributed by atoms with van der Waals surface area (Å²) in [6.45, 7) is 3.43. The Balaban J connectivity index is 2.64. The summed E-state index contributed by atoms with van der Waals surface area (Å²) in [6, 6.07) is 3.03. The molecule has 4 nitrogen and oxygen atoms in total. The Kier molecular flexibility index (Phi) is 3.37. The van der Waals surface area contributed by atoms with E-state index >= 15 is 0 Å². The molecule has 0 amide bonds. The third kappa shape index (κ3) is 2.16. The van der Waals surface area contributed by atoms with Gasteiger partial charge in [0, 0.05) is 0 Å². The fraction of sp³-hybridized carbons (Fsp3) is 0.222. The van der Waals surface area contributed by atoms with Gasteiger partial charge in [0.25, 0.3) is 10.0 Å². The van der Waals surface area contributed by atoms with Crippen LogP contribution >= 0.6 is 38.9 Å². The van der Waals surface area contributed by atoms with E-state index in [1.165, 1.54) is 6.07 Å². The lowest BCUT2D eigenvalue weighted by molar-refractivity contribution is 0.580. The Morgan fingerprint density at radius 1 is 1.41 bits per heavy atom. The molecule has 8 heteroatoms. The third-order valence-corrected chi connectivity index (χ3v) is 6.70. The van der Waals surface area contributed by atoms with E-state index in [0.717, 1.165) is 15.4 Å². The van der Waals surface area contributed by atoms with Gasteiger partial charge in [-0.15, -0.1) is 11.3 Å². The number of hydrogen-bond acceptors (Lipinski definition) is 4. The molecule has 0 unspecified atom stereocenters. The highest BCUT2D eigenvalue weighted by Gasteiger charge is 2.24. The van der Waals surface area contributed by atoms with Crippen LogP contribution in [0, 0.1) is 13.8 Å². The first-order valence-electron chi connectivity index (χ1n) is 4.56. The van der Waals surface area contributed by atoms with Gasteiger partial charge in [-0.2, -0.15) is 17.6 Å². The Bertz CT molecular complexity index is 675. The molecule has 0 radical (unpaired) electrons. The van der Waals surface area contributed by atoms with E-state index in [-0.39, 0.29) is 4.21 Å². The molecule has 0 aromatic carbocycles. The molecule has 0 atom stereocenters. The maximum absolute atomic E-state index is 12.3.